The molecule has 4 nitrogen and oxygen atoms in total. The van der Waals surface area contributed by atoms with E-state index in [1.807, 2.05) is 18.2 Å². The molecule has 0 aromatic heterocycles. The maximum atomic E-state index is 12.1. The summed E-state index contributed by atoms with van der Waals surface area (Å²) in [4.78, 5) is 12.1. The Kier molecular flexibility index (Phi) is 3.79. The summed E-state index contributed by atoms with van der Waals surface area (Å²) in [6, 6.07) is 5.54. The number of hydrogen-bond donors (Lipinski definition) is 0. The summed E-state index contributed by atoms with van der Waals surface area (Å²) in [6.45, 7) is 4.19. The molecule has 1 aromatic rings. The summed E-state index contributed by atoms with van der Waals surface area (Å²) in [5.74, 6) is 1.06. The summed E-state index contributed by atoms with van der Waals surface area (Å²) in [7, 11) is 3.16. The van der Waals surface area contributed by atoms with E-state index in [-0.39, 0.29) is 5.97 Å². The monoisotopic (exact) mass is 262 g/mol. The van der Waals surface area contributed by atoms with Crippen molar-refractivity contribution >= 4 is 5.97 Å². The standard InChI is InChI=1S/C15H18O4/c1-4-7-15(8-9-19-14(15)16)11-5-6-12(17-2)13(10-11)18-3/h4-6,10H,1,7-9H2,2-3H3. The molecule has 1 saturated heterocycles. The van der Waals surface area contributed by atoms with Gasteiger partial charge < -0.3 is 14.2 Å². The van der Waals surface area contributed by atoms with Crippen molar-refractivity contribution in [3.63, 3.8) is 0 Å². The second-order valence-electron chi connectivity index (χ2n) is 4.53. The molecule has 1 unspecified atom stereocenters. The summed E-state index contributed by atoms with van der Waals surface area (Å²) < 4.78 is 15.7. The number of esters is 1. The van der Waals surface area contributed by atoms with Gasteiger partial charge in [0.15, 0.2) is 11.5 Å². The Morgan fingerprint density at radius 3 is 2.63 bits per heavy atom. The first-order valence-corrected chi connectivity index (χ1v) is 6.18. The Balaban J connectivity index is 2.48. The zero-order valence-electron chi connectivity index (χ0n) is 11.3. The summed E-state index contributed by atoms with van der Waals surface area (Å²) in [5.41, 5.74) is 0.244. The average Bonchev–Trinajstić information content (AvgIpc) is 2.80. The first-order chi connectivity index (χ1) is 9.17. The molecule has 0 bridgehead atoms. The minimum Gasteiger partial charge on any atom is -0.493 e. The Hall–Kier alpha value is -1.97. The van der Waals surface area contributed by atoms with Crippen molar-refractivity contribution in [3.8, 4) is 11.5 Å². The van der Waals surface area contributed by atoms with Crippen molar-refractivity contribution in [1.82, 2.24) is 0 Å². The molecule has 1 aliphatic heterocycles. The summed E-state index contributed by atoms with van der Waals surface area (Å²) in [5, 5.41) is 0. The van der Waals surface area contributed by atoms with Gasteiger partial charge in [0.1, 0.15) is 0 Å². The lowest BCUT2D eigenvalue weighted by atomic mass is 9.76. The van der Waals surface area contributed by atoms with Crippen molar-refractivity contribution in [2.45, 2.75) is 18.3 Å². The first-order valence-electron chi connectivity index (χ1n) is 6.18. The van der Waals surface area contributed by atoms with Crippen molar-refractivity contribution in [2.75, 3.05) is 20.8 Å². The lowest BCUT2D eigenvalue weighted by Crippen LogP contribution is -2.30. The van der Waals surface area contributed by atoms with E-state index in [0.717, 1.165) is 5.56 Å². The maximum absolute atomic E-state index is 12.1. The van der Waals surface area contributed by atoms with Crippen LogP contribution in [-0.4, -0.2) is 26.8 Å². The van der Waals surface area contributed by atoms with E-state index in [2.05, 4.69) is 6.58 Å². The highest BCUT2D eigenvalue weighted by atomic mass is 16.5. The fraction of sp³-hybridized carbons (Fsp3) is 0.400. The van der Waals surface area contributed by atoms with Gasteiger partial charge in [-0.25, -0.2) is 0 Å². The van der Waals surface area contributed by atoms with Gasteiger partial charge in [-0.2, -0.15) is 0 Å². The van der Waals surface area contributed by atoms with E-state index >= 15 is 0 Å². The van der Waals surface area contributed by atoms with Crippen LogP contribution in [0, 0.1) is 0 Å². The highest BCUT2D eigenvalue weighted by Crippen LogP contribution is 2.41. The summed E-state index contributed by atoms with van der Waals surface area (Å²) >= 11 is 0. The molecule has 1 heterocycles. The number of rotatable bonds is 5. The van der Waals surface area contributed by atoms with Crippen LogP contribution in [0.4, 0.5) is 0 Å². The molecule has 19 heavy (non-hydrogen) atoms. The number of hydrogen-bond acceptors (Lipinski definition) is 4. The molecule has 1 atom stereocenters. The topological polar surface area (TPSA) is 44.8 Å². The molecule has 0 aliphatic carbocycles. The Morgan fingerprint density at radius 2 is 2.11 bits per heavy atom. The van der Waals surface area contributed by atoms with Crippen LogP contribution < -0.4 is 9.47 Å². The first kappa shape index (κ1) is 13.5. The zero-order valence-corrected chi connectivity index (χ0v) is 11.3. The smallest absolute Gasteiger partial charge is 0.317 e. The molecule has 0 N–H and O–H groups in total. The third-order valence-electron chi connectivity index (χ3n) is 3.58. The highest BCUT2D eigenvalue weighted by molar-refractivity contribution is 5.85. The molecule has 1 fully saturated rings. The molecular formula is C15H18O4. The van der Waals surface area contributed by atoms with Gasteiger partial charge in [-0.15, -0.1) is 6.58 Å². The molecule has 4 heteroatoms. The Morgan fingerprint density at radius 1 is 1.37 bits per heavy atom. The van der Waals surface area contributed by atoms with E-state index < -0.39 is 5.41 Å². The zero-order chi connectivity index (χ0) is 13.9. The Bertz CT molecular complexity index is 495. The van der Waals surface area contributed by atoms with Gasteiger partial charge in [-0.3, -0.25) is 4.79 Å². The third-order valence-corrected chi connectivity index (χ3v) is 3.58. The summed E-state index contributed by atoms with van der Waals surface area (Å²) in [6.07, 6.45) is 2.97. The van der Waals surface area contributed by atoms with Crippen LogP contribution in [0.25, 0.3) is 0 Å². The molecule has 0 saturated carbocycles. The average molecular weight is 262 g/mol. The fourth-order valence-electron chi connectivity index (χ4n) is 2.50. The minimum absolute atomic E-state index is 0.195. The normalized spacial score (nSPS) is 21.9. The fourth-order valence-corrected chi connectivity index (χ4v) is 2.50. The second kappa shape index (κ2) is 5.34. The van der Waals surface area contributed by atoms with E-state index in [4.69, 9.17) is 14.2 Å². The molecule has 0 radical (unpaired) electrons. The van der Waals surface area contributed by atoms with Crippen LogP contribution >= 0.6 is 0 Å². The molecular weight excluding hydrogens is 244 g/mol. The van der Waals surface area contributed by atoms with Gasteiger partial charge in [0.05, 0.1) is 26.2 Å². The minimum atomic E-state index is -0.638. The van der Waals surface area contributed by atoms with Crippen LogP contribution in [0.3, 0.4) is 0 Å². The van der Waals surface area contributed by atoms with E-state index in [1.165, 1.54) is 0 Å². The number of methoxy groups -OCH3 is 2. The predicted molar refractivity (Wildman–Crippen MR) is 71.6 cm³/mol. The molecule has 2 rings (SSSR count). The van der Waals surface area contributed by atoms with E-state index in [1.54, 1.807) is 20.3 Å². The van der Waals surface area contributed by atoms with E-state index in [0.29, 0.717) is 30.9 Å². The van der Waals surface area contributed by atoms with Crippen LogP contribution in [-0.2, 0) is 14.9 Å². The van der Waals surface area contributed by atoms with Gasteiger partial charge in [-0.05, 0) is 24.1 Å². The van der Waals surface area contributed by atoms with Gasteiger partial charge in [0.2, 0.25) is 0 Å². The van der Waals surface area contributed by atoms with Crippen molar-refractivity contribution in [2.24, 2.45) is 0 Å². The number of benzene rings is 1. The largest absolute Gasteiger partial charge is 0.493 e. The van der Waals surface area contributed by atoms with Crippen LogP contribution in [0.2, 0.25) is 0 Å². The quantitative estimate of drug-likeness (QED) is 0.604. The highest BCUT2D eigenvalue weighted by Gasteiger charge is 2.45. The number of ether oxygens (including phenoxy) is 3. The number of carbonyl (C=O) groups is 1. The molecule has 0 spiro atoms. The SMILES string of the molecule is C=CCC1(c2ccc(OC)c(OC)c2)CCOC1=O. The third kappa shape index (κ3) is 2.18. The maximum Gasteiger partial charge on any atom is 0.317 e. The van der Waals surface area contributed by atoms with Crippen LogP contribution in [0.15, 0.2) is 30.9 Å². The van der Waals surface area contributed by atoms with Gasteiger partial charge >= 0.3 is 5.97 Å². The van der Waals surface area contributed by atoms with E-state index in [9.17, 15) is 4.79 Å². The lowest BCUT2D eigenvalue weighted by Gasteiger charge is -2.24. The lowest BCUT2D eigenvalue weighted by molar-refractivity contribution is -0.142. The molecule has 1 aromatic carbocycles. The van der Waals surface area contributed by atoms with Gasteiger partial charge in [0.25, 0.3) is 0 Å². The van der Waals surface area contributed by atoms with Crippen molar-refractivity contribution in [3.05, 3.63) is 36.4 Å². The Labute approximate surface area is 113 Å². The molecule has 1 aliphatic rings. The van der Waals surface area contributed by atoms with Crippen molar-refractivity contribution < 1.29 is 19.0 Å². The molecule has 102 valence electrons. The number of cyclic esters (lactones) is 1. The number of carbonyl (C=O) groups excluding carboxylic acids is 1. The van der Waals surface area contributed by atoms with Gasteiger partial charge in [0, 0.05) is 6.42 Å². The predicted octanol–water partition coefficient (Wildman–Crippen LogP) is 2.46. The second-order valence-corrected chi connectivity index (χ2v) is 4.53. The van der Waals surface area contributed by atoms with Crippen LogP contribution in [0.1, 0.15) is 18.4 Å². The molecule has 0 amide bonds. The number of allylic oxidation sites excluding steroid dienone is 1. The van der Waals surface area contributed by atoms with Crippen molar-refractivity contribution in [1.29, 1.82) is 0 Å². The van der Waals surface area contributed by atoms with Crippen LogP contribution in [0.5, 0.6) is 11.5 Å². The van der Waals surface area contributed by atoms with Gasteiger partial charge in [-0.1, -0.05) is 12.1 Å².